The molecule has 0 aliphatic carbocycles. The molecule has 1 aromatic heterocycles. The van der Waals surface area contributed by atoms with Crippen molar-refractivity contribution in [2.75, 3.05) is 0 Å². The van der Waals surface area contributed by atoms with Crippen molar-refractivity contribution >= 4 is 50.6 Å². The van der Waals surface area contributed by atoms with Gasteiger partial charge in [-0.05, 0) is 62.7 Å². The molecule has 0 spiro atoms. The summed E-state index contributed by atoms with van der Waals surface area (Å²) in [6, 6.07) is 66.4. The number of nitriles is 2. The molecule has 0 saturated carbocycles. The third-order valence-corrected chi connectivity index (χ3v) is 14.2. The lowest BCUT2D eigenvalue weighted by Crippen LogP contribution is -2.74. The number of hydrogen-bond acceptors (Lipinski definition) is 2. The van der Waals surface area contributed by atoms with Gasteiger partial charge in [-0.25, -0.2) is 0 Å². The van der Waals surface area contributed by atoms with E-state index >= 15 is 0 Å². The van der Waals surface area contributed by atoms with Crippen molar-refractivity contribution in [3.63, 3.8) is 0 Å². The quantitative estimate of drug-likeness (QED) is 0.141. The zero-order chi connectivity index (χ0) is 32.5. The summed E-state index contributed by atoms with van der Waals surface area (Å²) in [5.74, 6) is 0. The van der Waals surface area contributed by atoms with Gasteiger partial charge >= 0.3 is 0 Å². The predicted octanol–water partition coefficient (Wildman–Crippen LogP) is 7.57. The first-order chi connectivity index (χ1) is 23.7. The van der Waals surface area contributed by atoms with Gasteiger partial charge in [0.2, 0.25) is 0 Å². The molecular weight excluding hydrogens is 599 g/mol. The lowest BCUT2D eigenvalue weighted by Gasteiger charge is -2.34. The smallest absolute Gasteiger partial charge is 0.179 e. The zero-order valence-electron chi connectivity index (χ0n) is 26.1. The number of aromatic nitrogens is 1. The molecule has 0 aliphatic heterocycles. The van der Waals surface area contributed by atoms with Crippen molar-refractivity contribution in [1.82, 2.24) is 4.57 Å². The van der Waals surface area contributed by atoms with Gasteiger partial charge in [-0.15, -0.1) is 0 Å². The van der Waals surface area contributed by atoms with Gasteiger partial charge in [0.25, 0.3) is 0 Å². The number of fused-ring (bicyclic) bond motifs is 3. The van der Waals surface area contributed by atoms with Crippen LogP contribution in [0.1, 0.15) is 11.1 Å². The van der Waals surface area contributed by atoms with Gasteiger partial charge in [0, 0.05) is 16.3 Å². The lowest BCUT2D eigenvalue weighted by atomic mass is 9.98. The highest BCUT2D eigenvalue weighted by atomic mass is 28.3. The van der Waals surface area contributed by atoms with Crippen LogP contribution in [0.4, 0.5) is 0 Å². The Bertz CT molecular complexity index is 2410. The highest BCUT2D eigenvalue weighted by Crippen LogP contribution is 2.37. The minimum Gasteiger partial charge on any atom is -0.309 e. The summed E-state index contributed by atoms with van der Waals surface area (Å²) in [7, 11) is -2.69. The molecule has 1 heterocycles. The highest BCUT2D eigenvalue weighted by molar-refractivity contribution is 7.19. The molecule has 3 nitrogen and oxygen atoms in total. The highest BCUT2D eigenvalue weighted by Gasteiger charge is 2.41. The van der Waals surface area contributed by atoms with Crippen LogP contribution in [0.15, 0.2) is 176 Å². The lowest BCUT2D eigenvalue weighted by molar-refractivity contribution is 1.18. The SMILES string of the molecule is N#Cc1ccc2c(c1)c1ccccc1n2-c1cccc(C#N)c1-c1ccc([Si](c2ccccc2)(c2ccccc2)c2ccccc2)cc1. The standard InChI is InChI=1S/C44H29N3Si/c45-30-32-23-28-42-40(29-32)39-20-10-11-21-41(39)47(42)43-22-12-13-34(31-46)44(43)33-24-26-38(27-25-33)48(35-14-4-1-5-15-35,36-16-6-2-7-17-36)37-18-8-3-9-19-37/h1-29H. The van der Waals surface area contributed by atoms with E-state index < -0.39 is 8.07 Å². The van der Waals surface area contributed by atoms with Gasteiger partial charge in [0.1, 0.15) is 0 Å². The summed E-state index contributed by atoms with van der Waals surface area (Å²) >= 11 is 0. The van der Waals surface area contributed by atoms with E-state index in [1.807, 2.05) is 42.5 Å². The number of hydrogen-bond donors (Lipinski definition) is 0. The molecule has 8 aromatic rings. The molecule has 224 valence electrons. The molecule has 4 heteroatoms. The van der Waals surface area contributed by atoms with Crippen LogP contribution in [0, 0.1) is 22.7 Å². The zero-order valence-corrected chi connectivity index (χ0v) is 27.1. The maximum absolute atomic E-state index is 10.4. The Morgan fingerprint density at radius 2 is 0.979 bits per heavy atom. The largest absolute Gasteiger partial charge is 0.309 e. The van der Waals surface area contributed by atoms with Crippen molar-refractivity contribution in [3.8, 4) is 29.0 Å². The Hall–Kier alpha value is -6.46. The summed E-state index contributed by atoms with van der Waals surface area (Å²) in [6.45, 7) is 0. The van der Waals surface area contributed by atoms with Gasteiger partial charge in [-0.3, -0.25) is 0 Å². The van der Waals surface area contributed by atoms with E-state index in [-0.39, 0.29) is 0 Å². The second kappa shape index (κ2) is 12.0. The van der Waals surface area contributed by atoms with Crippen LogP contribution in [0.3, 0.4) is 0 Å². The molecule has 0 radical (unpaired) electrons. The Morgan fingerprint density at radius 3 is 1.56 bits per heavy atom. The van der Waals surface area contributed by atoms with E-state index in [2.05, 4.69) is 150 Å². The Kier molecular flexibility index (Phi) is 7.27. The fourth-order valence-corrected chi connectivity index (χ4v) is 12.1. The van der Waals surface area contributed by atoms with Crippen LogP contribution < -0.4 is 20.7 Å². The van der Waals surface area contributed by atoms with Crippen molar-refractivity contribution < 1.29 is 0 Å². The second-order valence-corrected chi connectivity index (χ2v) is 15.7. The first kappa shape index (κ1) is 29.0. The fourth-order valence-electron chi connectivity index (χ4n) is 7.38. The molecular formula is C44H29N3Si. The van der Waals surface area contributed by atoms with Gasteiger partial charge in [-0.2, -0.15) is 10.5 Å². The number of benzene rings is 7. The van der Waals surface area contributed by atoms with E-state index in [1.165, 1.54) is 20.7 Å². The van der Waals surface area contributed by atoms with Crippen LogP contribution in [-0.4, -0.2) is 12.6 Å². The molecule has 48 heavy (non-hydrogen) atoms. The molecule has 0 bridgehead atoms. The van der Waals surface area contributed by atoms with Crippen molar-refractivity contribution in [1.29, 1.82) is 10.5 Å². The molecule has 0 unspecified atom stereocenters. The summed E-state index contributed by atoms with van der Waals surface area (Å²) in [4.78, 5) is 0. The molecule has 7 aromatic carbocycles. The average Bonchev–Trinajstić information content (AvgIpc) is 3.50. The molecule has 0 N–H and O–H groups in total. The van der Waals surface area contributed by atoms with E-state index in [0.29, 0.717) is 11.1 Å². The van der Waals surface area contributed by atoms with E-state index in [1.54, 1.807) is 0 Å². The number of rotatable bonds is 6. The monoisotopic (exact) mass is 627 g/mol. The fraction of sp³-hybridized carbons (Fsp3) is 0. The van der Waals surface area contributed by atoms with E-state index in [9.17, 15) is 10.5 Å². The second-order valence-electron chi connectivity index (χ2n) is 11.9. The van der Waals surface area contributed by atoms with Crippen LogP contribution in [0.5, 0.6) is 0 Å². The summed E-state index contributed by atoms with van der Waals surface area (Å²) < 4.78 is 2.23. The minimum atomic E-state index is -2.69. The van der Waals surface area contributed by atoms with Crippen LogP contribution in [-0.2, 0) is 0 Å². The van der Waals surface area contributed by atoms with Gasteiger partial charge in [-0.1, -0.05) is 140 Å². The first-order valence-corrected chi connectivity index (χ1v) is 18.0. The van der Waals surface area contributed by atoms with E-state index in [0.717, 1.165) is 38.6 Å². The third kappa shape index (κ3) is 4.55. The summed E-state index contributed by atoms with van der Waals surface area (Å²) in [5, 5.41) is 27.4. The Labute approximate surface area is 280 Å². The molecule has 0 atom stereocenters. The maximum Gasteiger partial charge on any atom is 0.179 e. The predicted molar refractivity (Wildman–Crippen MR) is 199 cm³/mol. The van der Waals surface area contributed by atoms with Crippen LogP contribution in [0.2, 0.25) is 0 Å². The van der Waals surface area contributed by atoms with Crippen LogP contribution >= 0.6 is 0 Å². The van der Waals surface area contributed by atoms with Gasteiger partial charge < -0.3 is 4.57 Å². The van der Waals surface area contributed by atoms with Gasteiger partial charge in [0.15, 0.2) is 8.07 Å². The first-order valence-electron chi connectivity index (χ1n) is 16.0. The van der Waals surface area contributed by atoms with Crippen molar-refractivity contribution in [3.05, 3.63) is 187 Å². The Balaban J connectivity index is 1.38. The normalized spacial score (nSPS) is 11.3. The summed E-state index contributed by atoms with van der Waals surface area (Å²) in [5.41, 5.74) is 6.03. The number of para-hydroxylation sites is 1. The maximum atomic E-state index is 10.4. The minimum absolute atomic E-state index is 0.609. The topological polar surface area (TPSA) is 52.5 Å². The van der Waals surface area contributed by atoms with Crippen LogP contribution in [0.25, 0.3) is 38.6 Å². The summed E-state index contributed by atoms with van der Waals surface area (Å²) in [6.07, 6.45) is 0. The Morgan fingerprint density at radius 1 is 0.438 bits per heavy atom. The molecule has 0 fully saturated rings. The van der Waals surface area contributed by atoms with Crippen molar-refractivity contribution in [2.24, 2.45) is 0 Å². The third-order valence-electron chi connectivity index (χ3n) is 9.43. The van der Waals surface area contributed by atoms with Crippen molar-refractivity contribution in [2.45, 2.75) is 0 Å². The molecule has 8 rings (SSSR count). The van der Waals surface area contributed by atoms with E-state index in [4.69, 9.17) is 0 Å². The van der Waals surface area contributed by atoms with Gasteiger partial charge in [0.05, 0.1) is 40.0 Å². The molecule has 0 amide bonds. The average molecular weight is 628 g/mol. The number of nitrogens with zero attached hydrogens (tertiary/aromatic N) is 3. The molecule has 0 saturated heterocycles. The molecule has 0 aliphatic rings.